The van der Waals surface area contributed by atoms with Crippen molar-refractivity contribution in [2.75, 3.05) is 51.3 Å². The lowest BCUT2D eigenvalue weighted by molar-refractivity contribution is -0.158. The molecule has 28 heavy (non-hydrogen) atoms. The van der Waals surface area contributed by atoms with E-state index < -0.39 is 0 Å². The molecule has 0 radical (unpaired) electrons. The van der Waals surface area contributed by atoms with E-state index in [0.29, 0.717) is 12.5 Å². The van der Waals surface area contributed by atoms with Gasteiger partial charge in [0.15, 0.2) is 0 Å². The van der Waals surface area contributed by atoms with Gasteiger partial charge in [-0.2, -0.15) is 0 Å². The Kier molecular flexibility index (Phi) is 4.74. The van der Waals surface area contributed by atoms with E-state index in [1.165, 1.54) is 24.9 Å². The molecule has 4 aliphatic carbocycles. The summed E-state index contributed by atoms with van der Waals surface area (Å²) in [7, 11) is 1.73. The number of hydrogen-bond donors (Lipinski definition) is 0. The smallest absolute Gasteiger partial charge is 0.312 e. The van der Waals surface area contributed by atoms with Gasteiger partial charge in [0.2, 0.25) is 0 Å². The minimum absolute atomic E-state index is 0.101. The number of esters is 1. The van der Waals surface area contributed by atoms with Crippen molar-refractivity contribution in [3.63, 3.8) is 0 Å². The number of carbonyl (C=O) groups excluding carboxylic acids is 1. The molecular formula is C23H32N2O3. The summed E-state index contributed by atoms with van der Waals surface area (Å²) in [4.78, 5) is 17.7. The molecule has 5 aliphatic rings. The summed E-state index contributed by atoms with van der Waals surface area (Å²) >= 11 is 0. The van der Waals surface area contributed by atoms with Crippen molar-refractivity contribution in [2.45, 2.75) is 32.1 Å². The fourth-order valence-corrected chi connectivity index (χ4v) is 6.64. The Balaban J connectivity index is 1.09. The third-order valence-corrected chi connectivity index (χ3v) is 7.84. The topological polar surface area (TPSA) is 42.0 Å². The number of benzene rings is 1. The lowest BCUT2D eigenvalue weighted by Crippen LogP contribution is -2.47. The van der Waals surface area contributed by atoms with E-state index >= 15 is 0 Å². The van der Waals surface area contributed by atoms with E-state index in [1.54, 1.807) is 7.11 Å². The molecule has 0 aromatic heterocycles. The van der Waals surface area contributed by atoms with Crippen LogP contribution >= 0.6 is 0 Å². The molecule has 6 rings (SSSR count). The molecule has 152 valence electrons. The van der Waals surface area contributed by atoms with E-state index in [0.717, 1.165) is 63.2 Å². The first-order valence-corrected chi connectivity index (χ1v) is 11.0. The largest absolute Gasteiger partial charge is 0.495 e. The molecule has 0 amide bonds. The predicted molar refractivity (Wildman–Crippen MR) is 109 cm³/mol. The maximum absolute atomic E-state index is 12.9. The number of carbonyl (C=O) groups is 1. The van der Waals surface area contributed by atoms with Gasteiger partial charge in [-0.05, 0) is 62.0 Å². The van der Waals surface area contributed by atoms with Crippen molar-refractivity contribution in [1.82, 2.24) is 4.90 Å². The van der Waals surface area contributed by atoms with Crippen LogP contribution < -0.4 is 9.64 Å². The average molecular weight is 385 g/mol. The third kappa shape index (κ3) is 3.08. The maximum atomic E-state index is 12.9. The summed E-state index contributed by atoms with van der Waals surface area (Å²) in [6.45, 7) is 5.32. The zero-order valence-corrected chi connectivity index (χ0v) is 16.9. The van der Waals surface area contributed by atoms with Crippen LogP contribution in [-0.4, -0.2) is 57.3 Å². The summed E-state index contributed by atoms with van der Waals surface area (Å²) in [6, 6.07) is 8.21. The quantitative estimate of drug-likeness (QED) is 0.705. The molecular weight excluding hydrogens is 352 g/mol. The highest BCUT2D eigenvalue weighted by Crippen LogP contribution is 2.65. The van der Waals surface area contributed by atoms with Crippen LogP contribution in [0.2, 0.25) is 0 Å². The molecule has 4 atom stereocenters. The fraction of sp³-hybridized carbons (Fsp3) is 0.696. The van der Waals surface area contributed by atoms with Crippen molar-refractivity contribution >= 4 is 11.7 Å². The molecule has 1 heterocycles. The second kappa shape index (κ2) is 7.25. The van der Waals surface area contributed by atoms with Crippen molar-refractivity contribution in [2.24, 2.45) is 23.2 Å². The Hall–Kier alpha value is -1.75. The SMILES string of the molecule is COc1ccccc1N1CCN(CCOC(=O)C23CC4CC2C[C@H](C4)C3)CC1. The van der Waals surface area contributed by atoms with Gasteiger partial charge in [-0.3, -0.25) is 9.69 Å². The van der Waals surface area contributed by atoms with Gasteiger partial charge >= 0.3 is 5.97 Å². The van der Waals surface area contributed by atoms with Gasteiger partial charge in [0.25, 0.3) is 0 Å². The van der Waals surface area contributed by atoms with Gasteiger partial charge in [-0.1, -0.05) is 12.1 Å². The number of anilines is 1. The van der Waals surface area contributed by atoms with E-state index in [9.17, 15) is 4.79 Å². The van der Waals surface area contributed by atoms with Crippen LogP contribution in [0.3, 0.4) is 0 Å². The summed E-state index contributed by atoms with van der Waals surface area (Å²) in [5.74, 6) is 3.27. The number of para-hydroxylation sites is 2. The predicted octanol–water partition coefficient (Wildman–Crippen LogP) is 3.19. The molecule has 0 spiro atoms. The first-order valence-electron chi connectivity index (χ1n) is 11.0. The number of rotatable bonds is 6. The Bertz CT molecular complexity index is 714. The second-order valence-electron chi connectivity index (χ2n) is 9.34. The molecule has 3 unspecified atom stereocenters. The van der Waals surface area contributed by atoms with Crippen molar-refractivity contribution < 1.29 is 14.3 Å². The highest BCUT2D eigenvalue weighted by atomic mass is 16.5. The van der Waals surface area contributed by atoms with Gasteiger partial charge in [-0.25, -0.2) is 0 Å². The summed E-state index contributed by atoms with van der Waals surface area (Å²) in [5, 5.41) is 0. The second-order valence-corrected chi connectivity index (χ2v) is 9.34. The van der Waals surface area contributed by atoms with Gasteiger partial charge in [-0.15, -0.1) is 0 Å². The normalized spacial score (nSPS) is 34.0. The highest BCUT2D eigenvalue weighted by Gasteiger charge is 2.62. The zero-order valence-electron chi connectivity index (χ0n) is 16.9. The van der Waals surface area contributed by atoms with E-state index in [2.05, 4.69) is 21.9 Å². The number of piperazine rings is 1. The first-order chi connectivity index (χ1) is 13.7. The lowest BCUT2D eigenvalue weighted by atomic mass is 9.75. The van der Waals surface area contributed by atoms with Gasteiger partial charge in [0.05, 0.1) is 18.2 Å². The molecule has 4 bridgehead atoms. The van der Waals surface area contributed by atoms with Crippen LogP contribution in [-0.2, 0) is 9.53 Å². The number of hydrogen-bond acceptors (Lipinski definition) is 5. The van der Waals surface area contributed by atoms with Gasteiger partial charge in [0.1, 0.15) is 12.4 Å². The lowest BCUT2D eigenvalue weighted by Gasteiger charge is -2.36. The molecule has 1 aliphatic heterocycles. The van der Waals surface area contributed by atoms with Crippen LogP contribution in [0.15, 0.2) is 24.3 Å². The average Bonchev–Trinajstić information content (AvgIpc) is 3.13. The van der Waals surface area contributed by atoms with Crippen LogP contribution in [0.4, 0.5) is 5.69 Å². The van der Waals surface area contributed by atoms with Crippen LogP contribution in [0.1, 0.15) is 32.1 Å². The molecule has 5 heteroatoms. The van der Waals surface area contributed by atoms with Crippen molar-refractivity contribution in [1.29, 1.82) is 0 Å². The maximum Gasteiger partial charge on any atom is 0.312 e. The van der Waals surface area contributed by atoms with Crippen LogP contribution in [0.5, 0.6) is 5.75 Å². The van der Waals surface area contributed by atoms with E-state index in [4.69, 9.17) is 9.47 Å². The minimum Gasteiger partial charge on any atom is -0.495 e. The first kappa shape index (κ1) is 18.3. The van der Waals surface area contributed by atoms with E-state index in [-0.39, 0.29) is 11.4 Å². The standard InChI is InChI=1S/C23H32N2O3/c1-27-21-5-3-2-4-20(21)25-8-6-24(7-9-25)10-11-28-22(26)23-15-17-12-18(16-23)14-19(23)13-17/h2-5,17-19H,6-16H2,1H3/t17-,18?,19?,23?/m0/s1. The minimum atomic E-state index is -0.101. The summed E-state index contributed by atoms with van der Waals surface area (Å²) in [5.41, 5.74) is 1.07. The molecule has 1 aromatic rings. The Morgan fingerprint density at radius 1 is 1.07 bits per heavy atom. The molecule has 5 nitrogen and oxygen atoms in total. The highest BCUT2D eigenvalue weighted by molar-refractivity contribution is 5.78. The Morgan fingerprint density at radius 3 is 2.50 bits per heavy atom. The van der Waals surface area contributed by atoms with Crippen molar-refractivity contribution in [3.05, 3.63) is 24.3 Å². The van der Waals surface area contributed by atoms with E-state index in [1.807, 2.05) is 12.1 Å². The number of nitrogens with zero attached hydrogens (tertiary/aromatic N) is 2. The monoisotopic (exact) mass is 384 g/mol. The molecule has 0 N–H and O–H groups in total. The Morgan fingerprint density at radius 2 is 1.79 bits per heavy atom. The molecule has 1 aromatic carbocycles. The van der Waals surface area contributed by atoms with Crippen LogP contribution in [0, 0.1) is 23.2 Å². The Labute approximate surface area is 168 Å². The molecule has 4 saturated carbocycles. The van der Waals surface area contributed by atoms with Gasteiger partial charge in [0, 0.05) is 32.7 Å². The summed E-state index contributed by atoms with van der Waals surface area (Å²) in [6.07, 6.45) is 6.12. The number of ether oxygens (including phenoxy) is 2. The molecule has 1 saturated heterocycles. The molecule has 5 fully saturated rings. The third-order valence-electron chi connectivity index (χ3n) is 7.84. The number of methoxy groups -OCH3 is 1. The zero-order chi connectivity index (χ0) is 19.1. The van der Waals surface area contributed by atoms with Gasteiger partial charge < -0.3 is 14.4 Å². The fourth-order valence-electron chi connectivity index (χ4n) is 6.64. The van der Waals surface area contributed by atoms with Crippen molar-refractivity contribution in [3.8, 4) is 5.75 Å². The van der Waals surface area contributed by atoms with Crippen LogP contribution in [0.25, 0.3) is 0 Å². The summed E-state index contributed by atoms with van der Waals surface area (Å²) < 4.78 is 11.3.